The maximum Gasteiger partial charge on any atom is 0.234 e. The van der Waals surface area contributed by atoms with Gasteiger partial charge in [-0.25, -0.2) is 0 Å². The number of rotatable bonds is 9. The average molecular weight is 484 g/mol. The van der Waals surface area contributed by atoms with Crippen molar-refractivity contribution >= 4 is 58.2 Å². The van der Waals surface area contributed by atoms with Crippen molar-refractivity contribution in [3.8, 4) is 5.75 Å². The molecule has 0 atom stereocenters. The molecule has 1 amide bonds. The zero-order valence-electron chi connectivity index (χ0n) is 15.6. The predicted octanol–water partition coefficient (Wildman–Crippen LogP) is 5.73. The van der Waals surface area contributed by atoms with Crippen molar-refractivity contribution in [3.05, 3.63) is 76.0 Å². The fourth-order valence-corrected chi connectivity index (χ4v) is 3.66. The van der Waals surface area contributed by atoms with E-state index in [0.717, 1.165) is 0 Å². The minimum atomic E-state index is -0.168. The zero-order valence-corrected chi connectivity index (χ0v) is 18.7. The Morgan fingerprint density at radius 1 is 1.13 bits per heavy atom. The molecule has 3 rings (SSSR count). The molecule has 1 aromatic heterocycles. The van der Waals surface area contributed by atoms with Crippen LogP contribution in [0.25, 0.3) is 0 Å². The van der Waals surface area contributed by atoms with E-state index in [4.69, 9.17) is 39.5 Å². The van der Waals surface area contributed by atoms with Crippen LogP contribution in [0.2, 0.25) is 15.1 Å². The average Bonchev–Trinajstić information content (AvgIpc) is 3.11. The number of carbonyl (C=O) groups is 1. The molecule has 10 heteroatoms. The van der Waals surface area contributed by atoms with E-state index in [0.29, 0.717) is 44.0 Å². The molecule has 0 aliphatic carbocycles. The van der Waals surface area contributed by atoms with Crippen LogP contribution in [0.4, 0.5) is 5.69 Å². The number of carbonyl (C=O) groups excluding carboxylic acids is 1. The summed E-state index contributed by atoms with van der Waals surface area (Å²) in [4.78, 5) is 12.2. The van der Waals surface area contributed by atoms with E-state index in [9.17, 15) is 4.79 Å². The van der Waals surface area contributed by atoms with Crippen molar-refractivity contribution in [1.29, 1.82) is 0 Å². The van der Waals surface area contributed by atoms with E-state index >= 15 is 0 Å². The maximum absolute atomic E-state index is 12.2. The van der Waals surface area contributed by atoms with Crippen LogP contribution in [-0.4, -0.2) is 26.4 Å². The van der Waals surface area contributed by atoms with Gasteiger partial charge in [0.15, 0.2) is 11.0 Å². The van der Waals surface area contributed by atoms with Crippen molar-refractivity contribution in [3.63, 3.8) is 0 Å². The third-order valence-electron chi connectivity index (χ3n) is 3.82. The highest BCUT2D eigenvalue weighted by atomic mass is 35.5. The molecule has 0 fully saturated rings. The summed E-state index contributed by atoms with van der Waals surface area (Å²) < 4.78 is 7.57. The van der Waals surface area contributed by atoms with Gasteiger partial charge in [0.2, 0.25) is 5.91 Å². The van der Waals surface area contributed by atoms with Gasteiger partial charge in [0.25, 0.3) is 0 Å². The normalized spacial score (nSPS) is 10.6. The summed E-state index contributed by atoms with van der Waals surface area (Å²) in [6.45, 7) is 4.37. The first-order valence-electron chi connectivity index (χ1n) is 8.75. The second-order valence-corrected chi connectivity index (χ2v) is 8.23. The van der Waals surface area contributed by atoms with Gasteiger partial charge in [-0.15, -0.1) is 16.8 Å². The number of halogens is 3. The molecule has 0 bridgehead atoms. The van der Waals surface area contributed by atoms with Crippen LogP contribution >= 0.6 is 46.6 Å². The summed E-state index contributed by atoms with van der Waals surface area (Å²) in [5.41, 5.74) is 0.671. The van der Waals surface area contributed by atoms with Crippen LogP contribution < -0.4 is 10.1 Å². The molecule has 156 valence electrons. The number of hydrogen-bond acceptors (Lipinski definition) is 5. The van der Waals surface area contributed by atoms with E-state index in [-0.39, 0.29) is 18.3 Å². The van der Waals surface area contributed by atoms with Gasteiger partial charge in [-0.05, 0) is 36.4 Å². The van der Waals surface area contributed by atoms with Gasteiger partial charge in [-0.1, -0.05) is 52.6 Å². The molecule has 1 heterocycles. The first-order chi connectivity index (χ1) is 14.5. The van der Waals surface area contributed by atoms with Crippen molar-refractivity contribution in [1.82, 2.24) is 14.8 Å². The first kappa shape index (κ1) is 22.5. The number of aromatic nitrogens is 3. The Morgan fingerprint density at radius 3 is 2.60 bits per heavy atom. The highest BCUT2D eigenvalue weighted by molar-refractivity contribution is 7.99. The zero-order chi connectivity index (χ0) is 21.5. The van der Waals surface area contributed by atoms with Gasteiger partial charge in [-0.3, -0.25) is 9.36 Å². The summed E-state index contributed by atoms with van der Waals surface area (Å²) >= 11 is 19.2. The molecule has 0 aliphatic heterocycles. The van der Waals surface area contributed by atoms with Crippen LogP contribution in [-0.2, 0) is 17.9 Å². The topological polar surface area (TPSA) is 69.0 Å². The predicted molar refractivity (Wildman–Crippen MR) is 122 cm³/mol. The Labute approximate surface area is 193 Å². The van der Waals surface area contributed by atoms with Gasteiger partial charge >= 0.3 is 0 Å². The molecule has 30 heavy (non-hydrogen) atoms. The van der Waals surface area contributed by atoms with Crippen molar-refractivity contribution in [2.45, 2.75) is 18.3 Å². The second kappa shape index (κ2) is 10.7. The minimum Gasteiger partial charge on any atom is -0.484 e. The second-order valence-electron chi connectivity index (χ2n) is 6.01. The van der Waals surface area contributed by atoms with Gasteiger partial charge in [0.05, 0.1) is 10.8 Å². The van der Waals surface area contributed by atoms with Crippen molar-refractivity contribution < 1.29 is 9.53 Å². The Kier molecular flexibility index (Phi) is 8.04. The van der Waals surface area contributed by atoms with Crippen molar-refractivity contribution in [2.24, 2.45) is 0 Å². The lowest BCUT2D eigenvalue weighted by molar-refractivity contribution is -0.113. The fraction of sp³-hybridized carbons (Fsp3) is 0.150. The molecule has 0 radical (unpaired) electrons. The number of hydrogen-bond donors (Lipinski definition) is 1. The van der Waals surface area contributed by atoms with Crippen LogP contribution in [0.15, 0.2) is 60.3 Å². The number of amides is 1. The Bertz CT molecular complexity index is 1040. The molecular weight excluding hydrogens is 467 g/mol. The van der Waals surface area contributed by atoms with Crippen LogP contribution in [0.3, 0.4) is 0 Å². The van der Waals surface area contributed by atoms with Gasteiger partial charge in [0.1, 0.15) is 12.4 Å². The highest BCUT2D eigenvalue weighted by Gasteiger charge is 2.15. The molecule has 0 unspecified atom stereocenters. The Balaban J connectivity index is 1.63. The number of ether oxygens (including phenoxy) is 1. The smallest absolute Gasteiger partial charge is 0.234 e. The van der Waals surface area contributed by atoms with E-state index in [1.54, 1.807) is 48.5 Å². The number of anilines is 1. The first-order valence-corrected chi connectivity index (χ1v) is 10.9. The largest absolute Gasteiger partial charge is 0.484 e. The molecule has 0 aliphatic rings. The van der Waals surface area contributed by atoms with E-state index in [1.165, 1.54) is 11.8 Å². The lowest BCUT2D eigenvalue weighted by atomic mass is 10.3. The third-order valence-corrected chi connectivity index (χ3v) is 5.58. The molecule has 0 saturated carbocycles. The summed E-state index contributed by atoms with van der Waals surface area (Å²) in [6, 6.07) is 11.9. The maximum atomic E-state index is 12.2. The molecule has 0 saturated heterocycles. The third kappa shape index (κ3) is 6.15. The van der Waals surface area contributed by atoms with E-state index in [1.807, 2.05) is 4.57 Å². The lowest BCUT2D eigenvalue weighted by Gasteiger charge is -2.10. The fourth-order valence-electron chi connectivity index (χ4n) is 2.44. The Hall–Kier alpha value is -2.19. The standard InChI is InChI=1S/C20H17Cl3N4O2S/c1-2-9-27-18(11-29-17-10-14(22)5-8-16(17)23)25-26-20(27)30-12-19(28)24-15-6-3-13(21)4-7-15/h2-8,10H,1,9,11-12H2,(H,24,28). The van der Waals surface area contributed by atoms with Gasteiger partial charge in [0, 0.05) is 28.3 Å². The number of allylic oxidation sites excluding steroid dienone is 1. The van der Waals surface area contributed by atoms with Crippen LogP contribution in [0.1, 0.15) is 5.82 Å². The minimum absolute atomic E-state index is 0.137. The molecule has 2 aromatic carbocycles. The number of benzene rings is 2. The SMILES string of the molecule is C=CCn1c(COc2cc(Cl)ccc2Cl)nnc1SCC(=O)Nc1ccc(Cl)cc1. The molecule has 1 N–H and O–H groups in total. The van der Waals surface area contributed by atoms with Crippen molar-refractivity contribution in [2.75, 3.05) is 11.1 Å². The van der Waals surface area contributed by atoms with Crippen LogP contribution in [0.5, 0.6) is 5.75 Å². The number of nitrogens with one attached hydrogen (secondary N) is 1. The van der Waals surface area contributed by atoms with E-state index in [2.05, 4.69) is 22.1 Å². The molecule has 0 spiro atoms. The van der Waals surface area contributed by atoms with Gasteiger partial charge < -0.3 is 10.1 Å². The Morgan fingerprint density at radius 2 is 1.87 bits per heavy atom. The number of thioether (sulfide) groups is 1. The van der Waals surface area contributed by atoms with Crippen LogP contribution in [0, 0.1) is 0 Å². The molecular formula is C20H17Cl3N4O2S. The summed E-state index contributed by atoms with van der Waals surface area (Å²) in [5, 5.41) is 13.3. The monoisotopic (exact) mass is 482 g/mol. The summed E-state index contributed by atoms with van der Waals surface area (Å²) in [6.07, 6.45) is 1.72. The van der Waals surface area contributed by atoms with E-state index < -0.39 is 0 Å². The van der Waals surface area contributed by atoms with Gasteiger partial charge in [-0.2, -0.15) is 0 Å². The molecule has 3 aromatic rings. The quantitative estimate of drug-likeness (QED) is 0.311. The lowest BCUT2D eigenvalue weighted by Crippen LogP contribution is -2.15. The summed E-state index contributed by atoms with van der Waals surface area (Å²) in [7, 11) is 0. The summed E-state index contributed by atoms with van der Waals surface area (Å²) in [5.74, 6) is 1.03. The molecule has 6 nitrogen and oxygen atoms in total. The highest BCUT2D eigenvalue weighted by Crippen LogP contribution is 2.28. The number of nitrogens with zero attached hydrogens (tertiary/aromatic N) is 3.